The fourth-order valence-electron chi connectivity index (χ4n) is 2.62. The number of nitrogens with one attached hydrogen (secondary N) is 1. The van der Waals surface area contributed by atoms with Gasteiger partial charge in [-0.05, 0) is 37.5 Å². The number of aryl methyl sites for hydroxylation is 1. The number of aromatic nitrogens is 5. The molecule has 3 rings (SSSR count). The van der Waals surface area contributed by atoms with Crippen molar-refractivity contribution in [2.75, 3.05) is 0 Å². The molecule has 0 unspecified atom stereocenters. The summed E-state index contributed by atoms with van der Waals surface area (Å²) in [5, 5.41) is 15.0. The molecule has 0 aliphatic heterocycles. The minimum atomic E-state index is 0.394. The second-order valence-corrected chi connectivity index (χ2v) is 6.28. The summed E-state index contributed by atoms with van der Waals surface area (Å²) in [5.74, 6) is 1.35. The van der Waals surface area contributed by atoms with Crippen LogP contribution in [0.1, 0.15) is 30.8 Å². The van der Waals surface area contributed by atoms with Gasteiger partial charge in [0.1, 0.15) is 12.4 Å². The Bertz CT molecular complexity index is 931. The second-order valence-electron chi connectivity index (χ2n) is 6.28. The number of benzene rings is 1. The molecule has 2 aromatic heterocycles. The maximum atomic E-state index is 5.69. The van der Waals surface area contributed by atoms with Crippen LogP contribution in [-0.4, -0.2) is 25.6 Å². The number of ether oxygens (including phenoxy) is 1. The van der Waals surface area contributed by atoms with Crippen LogP contribution in [0.2, 0.25) is 0 Å². The van der Waals surface area contributed by atoms with Gasteiger partial charge in [-0.1, -0.05) is 54.3 Å². The Labute approximate surface area is 158 Å². The molecule has 0 amide bonds. The van der Waals surface area contributed by atoms with Gasteiger partial charge < -0.3 is 4.74 Å². The lowest BCUT2D eigenvalue weighted by Gasteiger charge is -2.06. The molecule has 0 bridgehead atoms. The highest BCUT2D eigenvalue weighted by Crippen LogP contribution is 2.14. The molecule has 0 radical (unpaired) electrons. The molecule has 1 N–H and O–H groups in total. The first kappa shape index (κ1) is 18.5. The molecule has 0 fully saturated rings. The van der Waals surface area contributed by atoms with Gasteiger partial charge in [0.15, 0.2) is 5.82 Å². The smallest absolute Gasteiger partial charge is 0.174 e. The predicted molar refractivity (Wildman–Crippen MR) is 106 cm³/mol. The molecule has 0 aliphatic carbocycles. The highest BCUT2D eigenvalue weighted by Gasteiger charge is 2.00. The molecule has 6 nitrogen and oxygen atoms in total. The summed E-state index contributed by atoms with van der Waals surface area (Å²) in [5.41, 5.74) is 2.88. The lowest BCUT2D eigenvalue weighted by Crippen LogP contribution is -1.94. The third kappa shape index (κ3) is 5.88. The minimum absolute atomic E-state index is 0.394. The molecular formula is C21H23N5O. The van der Waals surface area contributed by atoms with Gasteiger partial charge in [-0.15, -0.1) is 10.2 Å². The number of pyridine rings is 1. The van der Waals surface area contributed by atoms with Crippen LogP contribution in [0.15, 0.2) is 73.0 Å². The van der Waals surface area contributed by atoms with E-state index in [0.717, 1.165) is 53.7 Å². The standard InChI is InChI=1S/C21H23N5O/c1-16(7-3-6-10-21-23-25-26-24-21)11-12-17(2)27-15-19-14-13-18-8-4-5-9-20(18)22-19/h4-5,8-9,11-14H,1-3,6-7,10,15H2,(H,23,24,25,26)/b12-11-. The number of unbranched alkanes of at least 4 members (excludes halogenated alkanes) is 1. The third-order valence-corrected chi connectivity index (χ3v) is 4.10. The first-order valence-corrected chi connectivity index (χ1v) is 8.95. The summed E-state index contributed by atoms with van der Waals surface area (Å²) >= 11 is 0. The van der Waals surface area contributed by atoms with Crippen molar-refractivity contribution in [2.45, 2.75) is 32.3 Å². The topological polar surface area (TPSA) is 76.6 Å². The average Bonchev–Trinajstić information content (AvgIpc) is 3.21. The van der Waals surface area contributed by atoms with E-state index in [1.165, 1.54) is 0 Å². The van der Waals surface area contributed by atoms with Crippen molar-refractivity contribution in [3.8, 4) is 0 Å². The van der Waals surface area contributed by atoms with Gasteiger partial charge in [0.25, 0.3) is 0 Å². The monoisotopic (exact) mass is 361 g/mol. The van der Waals surface area contributed by atoms with Gasteiger partial charge in [0.05, 0.1) is 11.2 Å². The number of allylic oxidation sites excluding steroid dienone is 3. The van der Waals surface area contributed by atoms with Crippen molar-refractivity contribution in [3.05, 3.63) is 84.6 Å². The number of nitrogens with zero attached hydrogens (tertiary/aromatic N) is 4. The average molecular weight is 361 g/mol. The Kier molecular flexibility index (Phi) is 6.46. The molecule has 0 saturated heterocycles. The Morgan fingerprint density at radius 2 is 1.96 bits per heavy atom. The van der Waals surface area contributed by atoms with Crippen LogP contribution in [0, 0.1) is 0 Å². The van der Waals surface area contributed by atoms with Gasteiger partial charge in [-0.25, -0.2) is 4.98 Å². The summed E-state index contributed by atoms with van der Waals surface area (Å²) in [6.07, 6.45) is 7.55. The van der Waals surface area contributed by atoms with E-state index >= 15 is 0 Å². The van der Waals surface area contributed by atoms with Crippen LogP contribution in [0.25, 0.3) is 10.9 Å². The molecule has 6 heteroatoms. The predicted octanol–water partition coefficient (Wildman–Crippen LogP) is 4.30. The summed E-state index contributed by atoms with van der Waals surface area (Å²) < 4.78 is 5.69. The molecule has 0 aliphatic rings. The maximum Gasteiger partial charge on any atom is 0.174 e. The van der Waals surface area contributed by atoms with E-state index < -0.39 is 0 Å². The van der Waals surface area contributed by atoms with E-state index in [2.05, 4.69) is 44.8 Å². The first-order chi connectivity index (χ1) is 13.2. The van der Waals surface area contributed by atoms with E-state index in [-0.39, 0.29) is 0 Å². The second kappa shape index (κ2) is 9.43. The van der Waals surface area contributed by atoms with Gasteiger partial charge in [0.2, 0.25) is 0 Å². The number of tetrazole rings is 1. The van der Waals surface area contributed by atoms with Gasteiger partial charge in [-0.3, -0.25) is 0 Å². The highest BCUT2D eigenvalue weighted by atomic mass is 16.5. The van der Waals surface area contributed by atoms with E-state index in [1.807, 2.05) is 42.5 Å². The lowest BCUT2D eigenvalue weighted by atomic mass is 10.1. The Balaban J connectivity index is 1.37. The normalized spacial score (nSPS) is 11.1. The summed E-state index contributed by atoms with van der Waals surface area (Å²) in [7, 11) is 0. The van der Waals surface area contributed by atoms with Crippen molar-refractivity contribution >= 4 is 10.9 Å². The first-order valence-electron chi connectivity index (χ1n) is 8.95. The Morgan fingerprint density at radius 3 is 2.81 bits per heavy atom. The van der Waals surface area contributed by atoms with E-state index in [4.69, 9.17) is 4.74 Å². The number of rotatable bonds is 10. The van der Waals surface area contributed by atoms with Crippen LogP contribution in [0.3, 0.4) is 0 Å². The fourth-order valence-corrected chi connectivity index (χ4v) is 2.62. The van der Waals surface area contributed by atoms with Crippen molar-refractivity contribution < 1.29 is 4.74 Å². The molecule has 2 heterocycles. The third-order valence-electron chi connectivity index (χ3n) is 4.10. The zero-order valence-electron chi connectivity index (χ0n) is 15.3. The van der Waals surface area contributed by atoms with E-state index in [0.29, 0.717) is 12.4 Å². The zero-order valence-corrected chi connectivity index (χ0v) is 15.3. The van der Waals surface area contributed by atoms with Crippen molar-refractivity contribution in [2.24, 2.45) is 0 Å². The summed E-state index contributed by atoms with van der Waals surface area (Å²) in [4.78, 5) is 4.59. The van der Waals surface area contributed by atoms with Crippen LogP contribution < -0.4 is 0 Å². The quantitative estimate of drug-likeness (QED) is 0.331. The summed E-state index contributed by atoms with van der Waals surface area (Å²) in [6, 6.07) is 12.1. The fraction of sp³-hybridized carbons (Fsp3) is 0.238. The van der Waals surface area contributed by atoms with E-state index in [1.54, 1.807) is 0 Å². The zero-order chi connectivity index (χ0) is 18.9. The van der Waals surface area contributed by atoms with Crippen LogP contribution in [0.5, 0.6) is 0 Å². The molecular weight excluding hydrogens is 338 g/mol. The van der Waals surface area contributed by atoms with E-state index in [9.17, 15) is 0 Å². The maximum absolute atomic E-state index is 5.69. The molecule has 0 atom stereocenters. The van der Waals surface area contributed by atoms with Crippen LogP contribution >= 0.6 is 0 Å². The van der Waals surface area contributed by atoms with Crippen molar-refractivity contribution in [1.82, 2.24) is 25.6 Å². The van der Waals surface area contributed by atoms with Gasteiger partial charge >= 0.3 is 0 Å². The highest BCUT2D eigenvalue weighted by molar-refractivity contribution is 5.78. The summed E-state index contributed by atoms with van der Waals surface area (Å²) in [6.45, 7) is 8.39. The number of H-pyrrole nitrogens is 1. The van der Waals surface area contributed by atoms with Crippen molar-refractivity contribution in [3.63, 3.8) is 0 Å². The van der Waals surface area contributed by atoms with Gasteiger partial charge in [0, 0.05) is 11.8 Å². The SMILES string of the molecule is C=C(/C=C\C(=C)OCc1ccc2ccccc2n1)CCCCc1nn[nH]n1. The number of hydrogen-bond acceptors (Lipinski definition) is 5. The number of fused-ring (bicyclic) bond motifs is 1. The van der Waals surface area contributed by atoms with Crippen LogP contribution in [0.4, 0.5) is 0 Å². The molecule has 1 aromatic carbocycles. The molecule has 27 heavy (non-hydrogen) atoms. The molecule has 0 spiro atoms. The largest absolute Gasteiger partial charge is 0.488 e. The number of aromatic amines is 1. The van der Waals surface area contributed by atoms with Crippen molar-refractivity contribution in [1.29, 1.82) is 0 Å². The number of para-hydroxylation sites is 1. The molecule has 0 saturated carbocycles. The lowest BCUT2D eigenvalue weighted by molar-refractivity contribution is 0.209. The Morgan fingerprint density at radius 1 is 1.07 bits per heavy atom. The van der Waals surface area contributed by atoms with Gasteiger partial charge in [-0.2, -0.15) is 5.21 Å². The van der Waals surface area contributed by atoms with Crippen LogP contribution in [-0.2, 0) is 17.8 Å². The molecule has 138 valence electrons. The minimum Gasteiger partial charge on any atom is -0.488 e. The molecule has 3 aromatic rings. The Hall–Kier alpha value is -3.28. The number of hydrogen-bond donors (Lipinski definition) is 1.